The second-order valence-electron chi connectivity index (χ2n) is 3.13. The van der Waals surface area contributed by atoms with Gasteiger partial charge in [0.2, 0.25) is 0 Å². The van der Waals surface area contributed by atoms with Gasteiger partial charge >= 0.3 is 6.09 Å². The Morgan fingerprint density at radius 2 is 2.45 bits per heavy atom. The van der Waals surface area contributed by atoms with Crippen LogP contribution in [0.4, 0.5) is 4.79 Å². The number of hydrogen-bond donors (Lipinski definition) is 1. The molecule has 1 aliphatic rings. The average molecular weight is 154 g/mol. The Morgan fingerprint density at radius 1 is 1.82 bits per heavy atom. The van der Waals surface area contributed by atoms with Gasteiger partial charge in [0, 0.05) is 13.1 Å². The van der Waals surface area contributed by atoms with Crippen molar-refractivity contribution in [1.82, 2.24) is 4.90 Å². The minimum absolute atomic E-state index is 0.346. The van der Waals surface area contributed by atoms with E-state index >= 15 is 0 Å². The van der Waals surface area contributed by atoms with Crippen LogP contribution in [0.15, 0.2) is 0 Å². The summed E-state index contributed by atoms with van der Waals surface area (Å²) in [5.41, 5.74) is -0.460. The minimum atomic E-state index is -0.927. The lowest BCUT2D eigenvalue weighted by atomic mass is 9.92. The summed E-state index contributed by atoms with van der Waals surface area (Å²) in [5.74, 6) is 0. The fourth-order valence-corrected chi connectivity index (χ4v) is 1.22. The van der Waals surface area contributed by atoms with E-state index in [4.69, 9.17) is 10.4 Å². The summed E-state index contributed by atoms with van der Waals surface area (Å²) in [4.78, 5) is 11.7. The van der Waals surface area contributed by atoms with Crippen molar-refractivity contribution < 1.29 is 9.90 Å². The van der Waals surface area contributed by atoms with Crippen molar-refractivity contribution in [2.75, 3.05) is 13.1 Å². The van der Waals surface area contributed by atoms with Gasteiger partial charge in [-0.05, 0) is 13.3 Å². The van der Waals surface area contributed by atoms with Gasteiger partial charge in [-0.2, -0.15) is 5.26 Å². The highest BCUT2D eigenvalue weighted by Gasteiger charge is 2.35. The highest BCUT2D eigenvalue weighted by Crippen LogP contribution is 2.28. The van der Waals surface area contributed by atoms with Crippen LogP contribution in [0.25, 0.3) is 0 Å². The average Bonchev–Trinajstić information content (AvgIpc) is 2.33. The highest BCUT2D eigenvalue weighted by atomic mass is 16.4. The molecule has 0 aromatic rings. The van der Waals surface area contributed by atoms with Crippen LogP contribution in [0.3, 0.4) is 0 Å². The molecule has 0 unspecified atom stereocenters. The molecule has 0 aromatic carbocycles. The first-order chi connectivity index (χ1) is 5.07. The van der Waals surface area contributed by atoms with Crippen LogP contribution in [-0.2, 0) is 0 Å². The number of nitriles is 1. The molecule has 0 bridgehead atoms. The molecule has 1 fully saturated rings. The lowest BCUT2D eigenvalue weighted by molar-refractivity contribution is 0.152. The zero-order valence-corrected chi connectivity index (χ0v) is 6.37. The standard InChI is InChI=1S/C7H10N2O2/c1-7(4-8)2-3-9(5-7)6(10)11/h2-3,5H2,1H3,(H,10,11)/t7-/m1/s1. The van der Waals surface area contributed by atoms with Gasteiger partial charge in [0.25, 0.3) is 0 Å². The lowest BCUT2D eigenvalue weighted by Gasteiger charge is -2.13. The predicted octanol–water partition coefficient (Wildman–Crippen LogP) is 0.900. The first-order valence-corrected chi connectivity index (χ1v) is 3.46. The van der Waals surface area contributed by atoms with E-state index in [0.29, 0.717) is 19.5 Å². The summed E-state index contributed by atoms with van der Waals surface area (Å²) in [7, 11) is 0. The van der Waals surface area contributed by atoms with E-state index in [1.165, 1.54) is 4.90 Å². The maximum atomic E-state index is 10.4. The van der Waals surface area contributed by atoms with Crippen molar-refractivity contribution >= 4 is 6.09 Å². The van der Waals surface area contributed by atoms with Crippen LogP contribution in [0.1, 0.15) is 13.3 Å². The molecule has 1 rings (SSSR count). The van der Waals surface area contributed by atoms with Gasteiger partial charge in [-0.25, -0.2) is 4.79 Å². The van der Waals surface area contributed by atoms with Crippen molar-refractivity contribution in [2.24, 2.45) is 5.41 Å². The second kappa shape index (κ2) is 2.42. The maximum absolute atomic E-state index is 10.4. The summed E-state index contributed by atoms with van der Waals surface area (Å²) in [6.45, 7) is 2.62. The van der Waals surface area contributed by atoms with Crippen molar-refractivity contribution in [3.63, 3.8) is 0 Å². The zero-order valence-electron chi connectivity index (χ0n) is 6.37. The lowest BCUT2D eigenvalue weighted by Crippen LogP contribution is -2.28. The van der Waals surface area contributed by atoms with E-state index in [2.05, 4.69) is 6.07 Å². The maximum Gasteiger partial charge on any atom is 0.407 e. The molecule has 0 aromatic heterocycles. The number of carboxylic acid groups (broad SMARTS) is 1. The molecule has 4 nitrogen and oxygen atoms in total. The topological polar surface area (TPSA) is 64.3 Å². The van der Waals surface area contributed by atoms with E-state index in [0.717, 1.165) is 0 Å². The monoisotopic (exact) mass is 154 g/mol. The quantitative estimate of drug-likeness (QED) is 0.563. The third kappa shape index (κ3) is 1.43. The van der Waals surface area contributed by atoms with Crippen LogP contribution in [0.5, 0.6) is 0 Å². The molecule has 11 heavy (non-hydrogen) atoms. The Hall–Kier alpha value is -1.24. The Labute approximate surface area is 65.0 Å². The Kier molecular flexibility index (Phi) is 1.73. The molecule has 60 valence electrons. The zero-order chi connectivity index (χ0) is 8.48. The van der Waals surface area contributed by atoms with Gasteiger partial charge in [-0.15, -0.1) is 0 Å². The van der Waals surface area contributed by atoms with Gasteiger partial charge < -0.3 is 10.0 Å². The molecule has 1 heterocycles. The largest absolute Gasteiger partial charge is 0.465 e. The molecule has 4 heteroatoms. The summed E-state index contributed by atoms with van der Waals surface area (Å²) in [6, 6.07) is 2.12. The Balaban J connectivity index is 2.62. The highest BCUT2D eigenvalue weighted by molar-refractivity contribution is 5.65. The minimum Gasteiger partial charge on any atom is -0.465 e. The summed E-state index contributed by atoms with van der Waals surface area (Å²) >= 11 is 0. The van der Waals surface area contributed by atoms with Gasteiger partial charge in [0.05, 0.1) is 11.5 Å². The normalized spacial score (nSPS) is 30.0. The van der Waals surface area contributed by atoms with Crippen LogP contribution >= 0.6 is 0 Å². The van der Waals surface area contributed by atoms with Gasteiger partial charge in [0.1, 0.15) is 0 Å². The number of rotatable bonds is 0. The smallest absolute Gasteiger partial charge is 0.407 e. The van der Waals surface area contributed by atoms with E-state index in [1.807, 2.05) is 0 Å². The summed E-state index contributed by atoms with van der Waals surface area (Å²) in [5, 5.41) is 17.2. The van der Waals surface area contributed by atoms with Crippen molar-refractivity contribution in [3.05, 3.63) is 0 Å². The Bertz CT molecular complexity index is 221. The number of amides is 1. The molecule has 0 spiro atoms. The van der Waals surface area contributed by atoms with E-state index < -0.39 is 11.5 Å². The molecule has 1 atom stereocenters. The van der Waals surface area contributed by atoms with Gasteiger partial charge in [0.15, 0.2) is 0 Å². The van der Waals surface area contributed by atoms with Crippen LogP contribution < -0.4 is 0 Å². The molecule has 1 amide bonds. The van der Waals surface area contributed by atoms with Crippen molar-refractivity contribution in [2.45, 2.75) is 13.3 Å². The molecular weight excluding hydrogens is 144 g/mol. The molecule has 0 aliphatic carbocycles. The fraction of sp³-hybridized carbons (Fsp3) is 0.714. The third-order valence-electron chi connectivity index (χ3n) is 2.01. The number of nitrogens with zero attached hydrogens (tertiary/aromatic N) is 2. The number of likely N-dealkylation sites (tertiary alicyclic amines) is 1. The number of hydrogen-bond acceptors (Lipinski definition) is 2. The van der Waals surface area contributed by atoms with E-state index in [1.54, 1.807) is 6.92 Å². The Morgan fingerprint density at radius 3 is 2.73 bits per heavy atom. The van der Waals surface area contributed by atoms with Crippen LogP contribution in [0, 0.1) is 16.7 Å². The third-order valence-corrected chi connectivity index (χ3v) is 2.01. The fourth-order valence-electron chi connectivity index (χ4n) is 1.22. The molecule has 1 N–H and O–H groups in total. The number of carbonyl (C=O) groups is 1. The van der Waals surface area contributed by atoms with E-state index in [9.17, 15) is 4.79 Å². The van der Waals surface area contributed by atoms with Crippen LogP contribution in [0.2, 0.25) is 0 Å². The second-order valence-corrected chi connectivity index (χ2v) is 3.13. The summed E-state index contributed by atoms with van der Waals surface area (Å²) in [6.07, 6.45) is -0.278. The van der Waals surface area contributed by atoms with E-state index in [-0.39, 0.29) is 0 Å². The molecule has 0 saturated carbocycles. The molecule has 1 aliphatic heterocycles. The van der Waals surface area contributed by atoms with Gasteiger partial charge in [-0.1, -0.05) is 0 Å². The molecule has 1 saturated heterocycles. The van der Waals surface area contributed by atoms with Crippen molar-refractivity contribution in [1.29, 1.82) is 5.26 Å². The van der Waals surface area contributed by atoms with Crippen LogP contribution in [-0.4, -0.2) is 29.2 Å². The SMILES string of the molecule is C[C@]1(C#N)CCN(C(=O)O)C1. The summed E-state index contributed by atoms with van der Waals surface area (Å²) < 4.78 is 0. The predicted molar refractivity (Wildman–Crippen MR) is 37.9 cm³/mol. The van der Waals surface area contributed by atoms with Gasteiger partial charge in [-0.3, -0.25) is 0 Å². The first-order valence-electron chi connectivity index (χ1n) is 3.46. The molecular formula is C7H10N2O2. The molecule has 0 radical (unpaired) electrons. The van der Waals surface area contributed by atoms with Crippen molar-refractivity contribution in [3.8, 4) is 6.07 Å². The first kappa shape index (κ1) is 7.86.